The predicted molar refractivity (Wildman–Crippen MR) is 90.9 cm³/mol. The molecule has 2 heterocycles. The molecule has 0 aliphatic carbocycles. The number of aliphatic hydroxyl groups excluding tert-OH is 1. The van der Waals surface area contributed by atoms with Gasteiger partial charge >= 0.3 is 0 Å². The summed E-state index contributed by atoms with van der Waals surface area (Å²) in [6.07, 6.45) is 4.54. The SMILES string of the molecule is CCc1ccccc1S(=O)(=O)N1CCC([C@H](O)c2ncc[nH]2)CC1. The van der Waals surface area contributed by atoms with Gasteiger partial charge in [0, 0.05) is 25.5 Å². The van der Waals surface area contributed by atoms with E-state index >= 15 is 0 Å². The third-order valence-corrected chi connectivity index (χ3v) is 6.72. The number of aromatic nitrogens is 2. The van der Waals surface area contributed by atoms with E-state index in [1.54, 1.807) is 24.5 Å². The molecule has 7 heteroatoms. The van der Waals surface area contributed by atoms with E-state index in [1.807, 2.05) is 19.1 Å². The van der Waals surface area contributed by atoms with Crippen LogP contribution in [0, 0.1) is 5.92 Å². The van der Waals surface area contributed by atoms with Crippen LogP contribution in [0.25, 0.3) is 0 Å². The fraction of sp³-hybridized carbons (Fsp3) is 0.471. The molecule has 1 atom stereocenters. The number of nitrogens with zero attached hydrogens (tertiary/aromatic N) is 2. The summed E-state index contributed by atoms with van der Waals surface area (Å²) >= 11 is 0. The maximum absolute atomic E-state index is 12.9. The lowest BCUT2D eigenvalue weighted by Crippen LogP contribution is -2.40. The number of hydrogen-bond donors (Lipinski definition) is 2. The molecule has 1 aliphatic heterocycles. The van der Waals surface area contributed by atoms with E-state index in [-0.39, 0.29) is 5.92 Å². The Morgan fingerprint density at radius 3 is 2.67 bits per heavy atom. The van der Waals surface area contributed by atoms with Crippen LogP contribution in [0.4, 0.5) is 0 Å². The highest BCUT2D eigenvalue weighted by Crippen LogP contribution is 2.32. The second-order valence-electron chi connectivity index (χ2n) is 6.12. The molecule has 1 aromatic carbocycles. The molecule has 130 valence electrons. The first kappa shape index (κ1) is 17.1. The lowest BCUT2D eigenvalue weighted by molar-refractivity contribution is 0.0696. The van der Waals surface area contributed by atoms with Gasteiger partial charge in [-0.05, 0) is 36.8 Å². The Bertz CT molecular complexity index is 766. The van der Waals surface area contributed by atoms with Gasteiger partial charge in [0.2, 0.25) is 10.0 Å². The lowest BCUT2D eigenvalue weighted by Gasteiger charge is -2.33. The Hall–Kier alpha value is -1.70. The van der Waals surface area contributed by atoms with E-state index in [4.69, 9.17) is 0 Å². The fourth-order valence-electron chi connectivity index (χ4n) is 3.28. The fourth-order valence-corrected chi connectivity index (χ4v) is 5.04. The molecular formula is C17H23N3O3S. The van der Waals surface area contributed by atoms with Crippen LogP contribution in [0.5, 0.6) is 0 Å². The molecule has 0 bridgehead atoms. The molecule has 0 radical (unpaired) electrons. The smallest absolute Gasteiger partial charge is 0.243 e. The van der Waals surface area contributed by atoms with Crippen molar-refractivity contribution in [3.8, 4) is 0 Å². The van der Waals surface area contributed by atoms with E-state index < -0.39 is 16.1 Å². The lowest BCUT2D eigenvalue weighted by atomic mass is 9.92. The molecule has 0 amide bonds. The summed E-state index contributed by atoms with van der Waals surface area (Å²) < 4.78 is 27.4. The number of sulfonamides is 1. The van der Waals surface area contributed by atoms with Crippen molar-refractivity contribution in [2.45, 2.75) is 37.2 Å². The summed E-state index contributed by atoms with van der Waals surface area (Å²) in [5.41, 5.74) is 0.843. The van der Waals surface area contributed by atoms with Crippen LogP contribution in [0.2, 0.25) is 0 Å². The van der Waals surface area contributed by atoms with E-state index in [0.717, 1.165) is 5.56 Å². The Morgan fingerprint density at radius 2 is 2.04 bits per heavy atom. The Morgan fingerprint density at radius 1 is 1.33 bits per heavy atom. The summed E-state index contributed by atoms with van der Waals surface area (Å²) in [6, 6.07) is 7.17. The van der Waals surface area contributed by atoms with Gasteiger partial charge in [-0.2, -0.15) is 4.31 Å². The van der Waals surface area contributed by atoms with Crippen LogP contribution in [0.3, 0.4) is 0 Å². The molecular weight excluding hydrogens is 326 g/mol. The highest BCUT2D eigenvalue weighted by Gasteiger charge is 2.33. The largest absolute Gasteiger partial charge is 0.385 e. The zero-order valence-corrected chi connectivity index (χ0v) is 14.5. The molecule has 2 N–H and O–H groups in total. The zero-order chi connectivity index (χ0) is 17.2. The Labute approximate surface area is 142 Å². The minimum absolute atomic E-state index is 0.0176. The normalized spacial score (nSPS) is 18.6. The van der Waals surface area contributed by atoms with Crippen LogP contribution in [0.1, 0.15) is 37.3 Å². The van der Waals surface area contributed by atoms with Crippen molar-refractivity contribution in [3.05, 3.63) is 48.0 Å². The van der Waals surface area contributed by atoms with Crippen molar-refractivity contribution in [2.24, 2.45) is 5.92 Å². The van der Waals surface area contributed by atoms with Crippen LogP contribution in [-0.4, -0.2) is 40.9 Å². The van der Waals surface area contributed by atoms with Crippen molar-refractivity contribution in [1.82, 2.24) is 14.3 Å². The topological polar surface area (TPSA) is 86.3 Å². The molecule has 2 aromatic rings. The number of aliphatic hydroxyl groups is 1. The predicted octanol–water partition coefficient (Wildman–Crippen LogP) is 2.11. The van der Waals surface area contributed by atoms with Crippen molar-refractivity contribution in [1.29, 1.82) is 0 Å². The van der Waals surface area contributed by atoms with Gasteiger partial charge in [-0.3, -0.25) is 0 Å². The number of piperidine rings is 1. The third-order valence-electron chi connectivity index (χ3n) is 4.72. The van der Waals surface area contributed by atoms with E-state index in [1.165, 1.54) is 4.31 Å². The summed E-state index contributed by atoms with van der Waals surface area (Å²) in [6.45, 7) is 2.80. The second-order valence-corrected chi connectivity index (χ2v) is 8.03. The number of benzene rings is 1. The summed E-state index contributed by atoms with van der Waals surface area (Å²) in [5, 5.41) is 10.4. The van der Waals surface area contributed by atoms with Crippen molar-refractivity contribution in [2.75, 3.05) is 13.1 Å². The van der Waals surface area contributed by atoms with Gasteiger partial charge in [0.1, 0.15) is 11.9 Å². The maximum atomic E-state index is 12.9. The number of imidazole rings is 1. The summed E-state index contributed by atoms with van der Waals surface area (Å²) in [5.74, 6) is 0.566. The minimum Gasteiger partial charge on any atom is -0.385 e. The molecule has 0 spiro atoms. The van der Waals surface area contributed by atoms with Crippen LogP contribution >= 0.6 is 0 Å². The van der Waals surface area contributed by atoms with Gasteiger partial charge < -0.3 is 10.1 Å². The van der Waals surface area contributed by atoms with Crippen LogP contribution < -0.4 is 0 Å². The van der Waals surface area contributed by atoms with Crippen molar-refractivity contribution < 1.29 is 13.5 Å². The molecule has 1 fully saturated rings. The average Bonchev–Trinajstić information content (AvgIpc) is 3.15. The first-order chi connectivity index (χ1) is 11.5. The highest BCUT2D eigenvalue weighted by molar-refractivity contribution is 7.89. The maximum Gasteiger partial charge on any atom is 0.243 e. The molecule has 1 saturated heterocycles. The standard InChI is InChI=1S/C17H23N3O3S/c1-2-13-5-3-4-6-15(13)24(22,23)20-11-7-14(8-12-20)16(21)17-18-9-10-19-17/h3-6,9-10,14,16,21H,2,7-8,11-12H2,1H3,(H,18,19)/t16-/m0/s1. The number of H-pyrrole nitrogens is 1. The molecule has 1 aliphatic rings. The monoisotopic (exact) mass is 349 g/mol. The van der Waals surface area contributed by atoms with Crippen molar-refractivity contribution in [3.63, 3.8) is 0 Å². The van der Waals surface area contributed by atoms with Crippen LogP contribution in [-0.2, 0) is 16.4 Å². The summed E-state index contributed by atoms with van der Waals surface area (Å²) in [7, 11) is -3.48. The zero-order valence-electron chi connectivity index (χ0n) is 13.7. The van der Waals surface area contributed by atoms with Gasteiger partial charge in [0.25, 0.3) is 0 Å². The first-order valence-corrected chi connectivity index (χ1v) is 9.73. The van der Waals surface area contributed by atoms with Gasteiger partial charge in [-0.15, -0.1) is 0 Å². The Kier molecular flexibility index (Phi) is 5.03. The molecule has 1 aromatic heterocycles. The van der Waals surface area contributed by atoms with Gasteiger partial charge in [0.05, 0.1) is 4.90 Å². The molecule has 0 saturated carbocycles. The number of nitrogens with one attached hydrogen (secondary N) is 1. The van der Waals surface area contributed by atoms with Gasteiger partial charge in [-0.25, -0.2) is 13.4 Å². The van der Waals surface area contributed by atoms with Gasteiger partial charge in [-0.1, -0.05) is 25.1 Å². The number of aryl methyl sites for hydroxylation is 1. The van der Waals surface area contributed by atoms with Crippen LogP contribution in [0.15, 0.2) is 41.6 Å². The quantitative estimate of drug-likeness (QED) is 0.865. The average molecular weight is 349 g/mol. The third kappa shape index (κ3) is 3.24. The minimum atomic E-state index is -3.48. The highest BCUT2D eigenvalue weighted by atomic mass is 32.2. The molecule has 24 heavy (non-hydrogen) atoms. The molecule has 0 unspecified atom stereocenters. The molecule has 6 nitrogen and oxygen atoms in total. The molecule has 3 rings (SSSR count). The number of aromatic amines is 1. The van der Waals surface area contributed by atoms with E-state index in [0.29, 0.717) is 43.1 Å². The van der Waals surface area contributed by atoms with E-state index in [9.17, 15) is 13.5 Å². The summed E-state index contributed by atoms with van der Waals surface area (Å²) in [4.78, 5) is 7.42. The number of rotatable bonds is 5. The first-order valence-electron chi connectivity index (χ1n) is 8.29. The van der Waals surface area contributed by atoms with Crippen molar-refractivity contribution >= 4 is 10.0 Å². The Balaban J connectivity index is 1.72. The number of hydrogen-bond acceptors (Lipinski definition) is 4. The second kappa shape index (κ2) is 7.04. The van der Waals surface area contributed by atoms with E-state index in [2.05, 4.69) is 9.97 Å². The van der Waals surface area contributed by atoms with Gasteiger partial charge in [0.15, 0.2) is 0 Å².